The van der Waals surface area contributed by atoms with Gasteiger partial charge in [0.1, 0.15) is 21.3 Å². The lowest BCUT2D eigenvalue weighted by Gasteiger charge is -2.03. The highest BCUT2D eigenvalue weighted by Crippen LogP contribution is 2.15. The molecule has 1 aromatic heterocycles. The van der Waals surface area contributed by atoms with Gasteiger partial charge >= 0.3 is 0 Å². The van der Waals surface area contributed by atoms with E-state index in [9.17, 15) is 13.2 Å². The van der Waals surface area contributed by atoms with Crippen molar-refractivity contribution in [3.8, 4) is 11.8 Å². The molecule has 1 heterocycles. The summed E-state index contributed by atoms with van der Waals surface area (Å²) in [4.78, 5) is 12.3. The molecule has 1 aromatic rings. The van der Waals surface area contributed by atoms with Crippen LogP contribution >= 0.6 is 11.3 Å². The normalized spacial score (nSPS) is 10.6. The van der Waals surface area contributed by atoms with Crippen LogP contribution in [-0.2, 0) is 9.84 Å². The van der Waals surface area contributed by atoms with Crippen molar-refractivity contribution in [2.24, 2.45) is 0 Å². The molecule has 0 aliphatic heterocycles. The van der Waals surface area contributed by atoms with E-state index in [0.29, 0.717) is 23.4 Å². The Hall–Kier alpha value is -1.36. The second kappa shape index (κ2) is 7.28. The van der Waals surface area contributed by atoms with Gasteiger partial charge in [-0.1, -0.05) is 11.8 Å². The second-order valence-corrected chi connectivity index (χ2v) is 7.04. The number of nitrogens with one attached hydrogen (secondary N) is 1. The Morgan fingerprint density at radius 1 is 1.53 bits per heavy atom. The van der Waals surface area contributed by atoms with Crippen molar-refractivity contribution in [1.82, 2.24) is 5.32 Å². The fourth-order valence-electron chi connectivity index (χ4n) is 1.33. The molecule has 0 saturated carbocycles. The molecular formula is C12H15NO4S2. The summed E-state index contributed by atoms with van der Waals surface area (Å²) >= 11 is 1.26. The van der Waals surface area contributed by atoms with E-state index in [1.807, 2.05) is 0 Å². The lowest BCUT2D eigenvalue weighted by atomic mass is 10.2. The number of hydrogen-bond acceptors (Lipinski definition) is 5. The molecule has 2 N–H and O–H groups in total. The Kier molecular flexibility index (Phi) is 6.02. The minimum absolute atomic E-state index is 0.0505. The highest BCUT2D eigenvalue weighted by Gasteiger charge is 2.11. The average Bonchev–Trinajstić information content (AvgIpc) is 2.79. The van der Waals surface area contributed by atoms with Crippen LogP contribution in [0.4, 0.5) is 0 Å². The maximum atomic E-state index is 11.8. The van der Waals surface area contributed by atoms with E-state index in [1.165, 1.54) is 11.3 Å². The summed E-state index contributed by atoms with van der Waals surface area (Å²) in [7, 11) is -2.99. The highest BCUT2D eigenvalue weighted by atomic mass is 32.2. The number of amides is 1. The molecule has 1 rings (SSSR count). The minimum Gasteiger partial charge on any atom is -0.384 e. The van der Waals surface area contributed by atoms with Crippen LogP contribution < -0.4 is 5.32 Å². The average molecular weight is 301 g/mol. The van der Waals surface area contributed by atoms with Crippen molar-refractivity contribution in [3.05, 3.63) is 21.9 Å². The molecule has 0 spiro atoms. The Morgan fingerprint density at radius 3 is 2.89 bits per heavy atom. The summed E-state index contributed by atoms with van der Waals surface area (Å²) in [6.07, 6.45) is 1.55. The fraction of sp³-hybridized carbons (Fsp3) is 0.417. The molecule has 0 saturated heterocycles. The molecular weight excluding hydrogens is 286 g/mol. The molecule has 0 atom stereocenters. The molecule has 19 heavy (non-hydrogen) atoms. The van der Waals surface area contributed by atoms with Crippen LogP contribution in [0, 0.1) is 11.8 Å². The van der Waals surface area contributed by atoms with E-state index < -0.39 is 9.84 Å². The molecule has 0 aliphatic carbocycles. The van der Waals surface area contributed by atoms with Crippen LogP contribution in [0.5, 0.6) is 0 Å². The first-order valence-corrected chi connectivity index (χ1v) is 8.51. The Bertz CT molecular complexity index is 593. The van der Waals surface area contributed by atoms with Gasteiger partial charge in [0, 0.05) is 18.4 Å². The van der Waals surface area contributed by atoms with Gasteiger partial charge in [-0.2, -0.15) is 0 Å². The lowest BCUT2D eigenvalue weighted by molar-refractivity contribution is 0.0957. The van der Waals surface area contributed by atoms with Crippen molar-refractivity contribution < 1.29 is 18.3 Å². The van der Waals surface area contributed by atoms with Crippen molar-refractivity contribution in [2.75, 3.05) is 25.2 Å². The van der Waals surface area contributed by atoms with Crippen LogP contribution in [0.2, 0.25) is 0 Å². The number of carbonyl (C=O) groups excluding carboxylic acids is 1. The summed E-state index contributed by atoms with van der Waals surface area (Å²) in [6.45, 7) is 0.0436. The van der Waals surface area contributed by atoms with E-state index in [2.05, 4.69) is 17.2 Å². The zero-order valence-electron chi connectivity index (χ0n) is 10.5. The van der Waals surface area contributed by atoms with Crippen LogP contribution in [0.1, 0.15) is 21.7 Å². The number of hydrogen-bond donors (Lipinski definition) is 2. The molecule has 104 valence electrons. The molecule has 0 fully saturated rings. The first kappa shape index (κ1) is 15.7. The quantitative estimate of drug-likeness (QED) is 0.603. The molecule has 0 aromatic carbocycles. The summed E-state index contributed by atoms with van der Waals surface area (Å²) in [5.74, 6) is 4.96. The number of carbonyl (C=O) groups is 1. The minimum atomic E-state index is -2.99. The van der Waals surface area contributed by atoms with E-state index >= 15 is 0 Å². The molecule has 0 bridgehead atoms. The number of sulfone groups is 1. The molecule has 0 unspecified atom stereocenters. The lowest BCUT2D eigenvalue weighted by Crippen LogP contribution is -2.25. The number of rotatable bonds is 5. The van der Waals surface area contributed by atoms with E-state index in [0.717, 1.165) is 6.26 Å². The largest absolute Gasteiger partial charge is 0.384 e. The SMILES string of the molecule is CS(=O)(=O)CCCNC(=O)c1sccc1C#CCO. The van der Waals surface area contributed by atoms with Crippen LogP contribution in [0.3, 0.4) is 0 Å². The van der Waals surface area contributed by atoms with Gasteiger partial charge in [0.05, 0.1) is 5.75 Å². The number of thiophene rings is 1. The van der Waals surface area contributed by atoms with Gasteiger partial charge in [-0.25, -0.2) is 8.42 Å². The predicted octanol–water partition coefficient (Wildman–Crippen LogP) is 0.256. The van der Waals surface area contributed by atoms with Crippen molar-refractivity contribution in [3.63, 3.8) is 0 Å². The third kappa shape index (κ3) is 5.87. The topological polar surface area (TPSA) is 83.5 Å². The summed E-state index contributed by atoms with van der Waals surface area (Å²) in [5.41, 5.74) is 0.569. The van der Waals surface area contributed by atoms with E-state index in [1.54, 1.807) is 11.4 Å². The smallest absolute Gasteiger partial charge is 0.262 e. The zero-order valence-corrected chi connectivity index (χ0v) is 12.1. The Labute approximate surface area is 116 Å². The van der Waals surface area contributed by atoms with Crippen molar-refractivity contribution in [1.29, 1.82) is 0 Å². The zero-order chi connectivity index (χ0) is 14.3. The molecule has 0 aliphatic rings. The third-order valence-electron chi connectivity index (χ3n) is 2.15. The highest BCUT2D eigenvalue weighted by molar-refractivity contribution is 7.90. The number of aliphatic hydroxyl groups excluding tert-OH is 1. The van der Waals surface area contributed by atoms with E-state index in [-0.39, 0.29) is 18.3 Å². The standard InChI is InChI=1S/C12H15NO4S2/c1-19(16,17)9-3-6-13-12(15)11-10(4-2-7-14)5-8-18-11/h5,8,14H,3,6-7,9H2,1H3,(H,13,15). The van der Waals surface area contributed by atoms with Gasteiger partial charge < -0.3 is 10.4 Å². The molecule has 1 amide bonds. The molecule has 5 nitrogen and oxygen atoms in total. The Balaban J connectivity index is 2.52. The molecule has 0 radical (unpaired) electrons. The van der Waals surface area contributed by atoms with Crippen LogP contribution in [0.25, 0.3) is 0 Å². The summed E-state index contributed by atoms with van der Waals surface area (Å²) in [5, 5.41) is 13.0. The van der Waals surface area contributed by atoms with Gasteiger partial charge in [-0.3, -0.25) is 4.79 Å². The molecule has 7 heteroatoms. The second-order valence-electron chi connectivity index (χ2n) is 3.86. The van der Waals surface area contributed by atoms with Crippen molar-refractivity contribution >= 4 is 27.1 Å². The van der Waals surface area contributed by atoms with Crippen LogP contribution in [-0.4, -0.2) is 44.6 Å². The maximum absolute atomic E-state index is 11.8. The maximum Gasteiger partial charge on any atom is 0.262 e. The van der Waals surface area contributed by atoms with Gasteiger partial charge in [0.2, 0.25) is 0 Å². The summed E-state index contributed by atoms with van der Waals surface area (Å²) < 4.78 is 21.8. The first-order chi connectivity index (χ1) is 8.94. The van der Waals surface area contributed by atoms with Gasteiger partial charge in [-0.05, 0) is 17.9 Å². The summed E-state index contributed by atoms with van der Waals surface area (Å²) in [6, 6.07) is 1.71. The third-order valence-corrected chi connectivity index (χ3v) is 4.09. The van der Waals surface area contributed by atoms with Gasteiger partial charge in [0.15, 0.2) is 0 Å². The Morgan fingerprint density at radius 2 is 2.26 bits per heavy atom. The van der Waals surface area contributed by atoms with Crippen LogP contribution in [0.15, 0.2) is 11.4 Å². The van der Waals surface area contributed by atoms with Crippen molar-refractivity contribution in [2.45, 2.75) is 6.42 Å². The first-order valence-electron chi connectivity index (χ1n) is 5.57. The van der Waals surface area contributed by atoms with Gasteiger partial charge in [-0.15, -0.1) is 11.3 Å². The number of aliphatic hydroxyl groups is 1. The van der Waals surface area contributed by atoms with Gasteiger partial charge in [0.25, 0.3) is 5.91 Å². The fourth-order valence-corrected chi connectivity index (χ4v) is 2.77. The monoisotopic (exact) mass is 301 g/mol. The van der Waals surface area contributed by atoms with E-state index in [4.69, 9.17) is 5.11 Å². The predicted molar refractivity (Wildman–Crippen MR) is 74.9 cm³/mol.